The minimum Gasteiger partial charge on any atom is -0.469 e. The number of fused-ring (bicyclic) bond motifs is 2. The Morgan fingerprint density at radius 1 is 0.943 bits per heavy atom. The monoisotopic (exact) mass is 476 g/mol. The normalized spacial score (nSPS) is 27.0. The van der Waals surface area contributed by atoms with Crippen molar-refractivity contribution in [3.05, 3.63) is 71.8 Å². The molecule has 2 aromatic rings. The van der Waals surface area contributed by atoms with Crippen LogP contribution in [0.15, 0.2) is 60.7 Å². The van der Waals surface area contributed by atoms with E-state index >= 15 is 0 Å². The number of benzene rings is 2. The fourth-order valence-electron chi connectivity index (χ4n) is 6.32. The van der Waals surface area contributed by atoms with E-state index in [0.29, 0.717) is 6.54 Å². The van der Waals surface area contributed by atoms with Crippen LogP contribution in [-0.2, 0) is 25.6 Å². The van der Waals surface area contributed by atoms with Crippen molar-refractivity contribution in [3.8, 4) is 0 Å². The molecule has 3 aliphatic rings. The van der Waals surface area contributed by atoms with Gasteiger partial charge in [-0.15, -0.1) is 0 Å². The van der Waals surface area contributed by atoms with Crippen LogP contribution in [0.4, 0.5) is 0 Å². The Morgan fingerprint density at radius 3 is 2.29 bits per heavy atom. The number of esters is 1. The van der Waals surface area contributed by atoms with Crippen LogP contribution in [0.2, 0.25) is 0 Å². The topological polar surface area (TPSA) is 67.9 Å². The van der Waals surface area contributed by atoms with E-state index in [-0.39, 0.29) is 36.2 Å². The first kappa shape index (κ1) is 24.0. The summed E-state index contributed by atoms with van der Waals surface area (Å²) < 4.78 is 11.5. The number of ether oxygens (including phenoxy) is 2. The average Bonchev–Trinajstić information content (AvgIpc) is 3.52. The first-order valence-electron chi connectivity index (χ1n) is 13.0. The molecular weight excluding hydrogens is 440 g/mol. The Bertz CT molecular complexity index is 992. The van der Waals surface area contributed by atoms with Crippen molar-refractivity contribution < 1.29 is 19.1 Å². The highest BCUT2D eigenvalue weighted by Gasteiger charge is 2.56. The number of hydrogen-bond acceptors (Lipinski definition) is 5. The molecule has 0 spiro atoms. The van der Waals surface area contributed by atoms with E-state index < -0.39 is 12.0 Å². The first-order valence-corrected chi connectivity index (χ1v) is 13.0. The molecule has 2 saturated heterocycles. The maximum absolute atomic E-state index is 14.0. The minimum absolute atomic E-state index is 0.00502. The maximum Gasteiger partial charge on any atom is 0.313 e. The summed E-state index contributed by atoms with van der Waals surface area (Å²) in [5.74, 6) is -0.652. The summed E-state index contributed by atoms with van der Waals surface area (Å²) in [6, 6.07) is 19.6. The SMILES string of the molecule is COC(=O)C1C2CCC(O2)C1N(Cc1ccccc1)C(C(=O)NC1CCCCC1)c1ccccc1. The summed E-state index contributed by atoms with van der Waals surface area (Å²) in [7, 11) is 1.44. The zero-order valence-corrected chi connectivity index (χ0v) is 20.5. The molecule has 0 radical (unpaired) electrons. The molecule has 2 aliphatic heterocycles. The third-order valence-electron chi connectivity index (χ3n) is 7.95. The highest BCUT2D eigenvalue weighted by Crippen LogP contribution is 2.45. The van der Waals surface area contributed by atoms with Crippen molar-refractivity contribution in [2.24, 2.45) is 5.92 Å². The van der Waals surface area contributed by atoms with Gasteiger partial charge in [0.1, 0.15) is 12.0 Å². The average molecular weight is 477 g/mol. The van der Waals surface area contributed by atoms with Crippen molar-refractivity contribution in [1.29, 1.82) is 0 Å². The molecule has 1 amide bonds. The number of methoxy groups -OCH3 is 1. The van der Waals surface area contributed by atoms with Crippen molar-refractivity contribution in [1.82, 2.24) is 10.2 Å². The molecule has 5 atom stereocenters. The molecule has 5 unspecified atom stereocenters. The van der Waals surface area contributed by atoms with E-state index in [9.17, 15) is 9.59 Å². The highest BCUT2D eigenvalue weighted by atomic mass is 16.5. The molecule has 0 aromatic heterocycles. The van der Waals surface area contributed by atoms with E-state index in [4.69, 9.17) is 9.47 Å². The Labute approximate surface area is 208 Å². The number of rotatable bonds is 8. The summed E-state index contributed by atoms with van der Waals surface area (Å²) in [5, 5.41) is 3.37. The minimum atomic E-state index is -0.529. The van der Waals surface area contributed by atoms with Crippen molar-refractivity contribution in [2.45, 2.75) is 81.8 Å². The lowest BCUT2D eigenvalue weighted by Gasteiger charge is -2.41. The van der Waals surface area contributed by atoms with Gasteiger partial charge in [-0.2, -0.15) is 0 Å². The van der Waals surface area contributed by atoms with Gasteiger partial charge < -0.3 is 14.8 Å². The first-order chi connectivity index (χ1) is 17.2. The molecule has 2 bridgehead atoms. The fraction of sp³-hybridized carbons (Fsp3) is 0.517. The van der Waals surface area contributed by atoms with E-state index in [1.54, 1.807) is 0 Å². The number of hydrogen-bond donors (Lipinski definition) is 1. The quantitative estimate of drug-likeness (QED) is 0.572. The largest absolute Gasteiger partial charge is 0.469 e. The van der Waals surface area contributed by atoms with Gasteiger partial charge in [-0.05, 0) is 36.8 Å². The summed E-state index contributed by atoms with van der Waals surface area (Å²) in [4.78, 5) is 29.2. The third kappa shape index (κ3) is 5.14. The van der Waals surface area contributed by atoms with Crippen LogP contribution in [0.5, 0.6) is 0 Å². The van der Waals surface area contributed by atoms with E-state index in [1.807, 2.05) is 48.5 Å². The van der Waals surface area contributed by atoms with Crippen LogP contribution in [0, 0.1) is 5.92 Å². The molecule has 3 fully saturated rings. The summed E-state index contributed by atoms with van der Waals surface area (Å²) in [6.45, 7) is 0.545. The zero-order valence-electron chi connectivity index (χ0n) is 20.5. The molecule has 1 saturated carbocycles. The smallest absolute Gasteiger partial charge is 0.313 e. The van der Waals surface area contributed by atoms with Gasteiger partial charge in [-0.25, -0.2) is 0 Å². The lowest BCUT2D eigenvalue weighted by atomic mass is 9.82. The van der Waals surface area contributed by atoms with Crippen LogP contribution < -0.4 is 5.32 Å². The lowest BCUT2D eigenvalue weighted by molar-refractivity contribution is -0.150. The summed E-state index contributed by atoms with van der Waals surface area (Å²) >= 11 is 0. The Kier molecular flexibility index (Phi) is 7.49. The van der Waals surface area contributed by atoms with Crippen LogP contribution in [0.25, 0.3) is 0 Å². The molecule has 2 aromatic carbocycles. The third-order valence-corrected chi connectivity index (χ3v) is 7.95. The van der Waals surface area contributed by atoms with Gasteiger partial charge in [0.15, 0.2) is 0 Å². The van der Waals surface area contributed by atoms with Gasteiger partial charge in [0.05, 0.1) is 25.4 Å². The molecule has 35 heavy (non-hydrogen) atoms. The van der Waals surface area contributed by atoms with Crippen LogP contribution in [0.3, 0.4) is 0 Å². The van der Waals surface area contributed by atoms with Gasteiger partial charge >= 0.3 is 5.97 Å². The second-order valence-corrected chi connectivity index (χ2v) is 10.1. The summed E-state index contributed by atoms with van der Waals surface area (Å²) in [5.41, 5.74) is 2.04. The number of nitrogens with one attached hydrogen (secondary N) is 1. The number of amides is 1. The second kappa shape index (κ2) is 10.9. The molecule has 1 N–H and O–H groups in total. The van der Waals surface area contributed by atoms with Crippen LogP contribution in [0.1, 0.15) is 62.1 Å². The predicted molar refractivity (Wildman–Crippen MR) is 133 cm³/mol. The van der Waals surface area contributed by atoms with Gasteiger partial charge in [0, 0.05) is 12.6 Å². The molecule has 2 heterocycles. The zero-order chi connectivity index (χ0) is 24.2. The highest BCUT2D eigenvalue weighted by molar-refractivity contribution is 5.84. The van der Waals surface area contributed by atoms with Crippen LogP contribution in [-0.4, -0.2) is 48.2 Å². The van der Waals surface area contributed by atoms with Crippen molar-refractivity contribution >= 4 is 11.9 Å². The van der Waals surface area contributed by atoms with E-state index in [2.05, 4.69) is 22.3 Å². The summed E-state index contributed by atoms with van der Waals surface area (Å²) in [6.07, 6.45) is 7.07. The van der Waals surface area contributed by atoms with Crippen molar-refractivity contribution in [3.63, 3.8) is 0 Å². The van der Waals surface area contributed by atoms with Gasteiger partial charge in [0.2, 0.25) is 5.91 Å². The Morgan fingerprint density at radius 2 is 1.60 bits per heavy atom. The molecule has 6 nitrogen and oxygen atoms in total. The van der Waals surface area contributed by atoms with E-state index in [1.165, 1.54) is 13.5 Å². The fourth-order valence-corrected chi connectivity index (χ4v) is 6.32. The van der Waals surface area contributed by atoms with Gasteiger partial charge in [-0.1, -0.05) is 79.9 Å². The molecule has 186 valence electrons. The maximum atomic E-state index is 14.0. The molecule has 6 heteroatoms. The van der Waals surface area contributed by atoms with E-state index in [0.717, 1.165) is 49.7 Å². The van der Waals surface area contributed by atoms with Gasteiger partial charge in [0.25, 0.3) is 0 Å². The second-order valence-electron chi connectivity index (χ2n) is 10.1. The molecular formula is C29H36N2O4. The Balaban J connectivity index is 1.54. The molecule has 5 rings (SSSR count). The lowest BCUT2D eigenvalue weighted by Crippen LogP contribution is -2.54. The van der Waals surface area contributed by atoms with Crippen LogP contribution >= 0.6 is 0 Å². The van der Waals surface area contributed by atoms with Crippen molar-refractivity contribution in [2.75, 3.05) is 7.11 Å². The number of carbonyl (C=O) groups is 2. The standard InChI is InChI=1S/C29H36N2O4/c1-34-29(33)25-23-17-18-24(35-23)27(25)31(19-20-11-5-2-6-12-20)26(21-13-7-3-8-14-21)28(32)30-22-15-9-4-10-16-22/h2-3,5-8,11-14,22-27H,4,9-10,15-19H2,1H3,(H,30,32). The molecule has 1 aliphatic carbocycles. The Hall–Kier alpha value is -2.70. The predicted octanol–water partition coefficient (Wildman–Crippen LogP) is 4.40. The van der Waals surface area contributed by atoms with Gasteiger partial charge in [-0.3, -0.25) is 14.5 Å². The number of nitrogens with zero attached hydrogens (tertiary/aromatic N) is 1. The number of carbonyl (C=O) groups excluding carboxylic acids is 2.